The fraction of sp³-hybridized carbons (Fsp3) is 0.308. The van der Waals surface area contributed by atoms with Gasteiger partial charge >= 0.3 is 0 Å². The molecule has 1 aromatic rings. The van der Waals surface area contributed by atoms with Crippen LogP contribution in [0.5, 0.6) is 0 Å². The van der Waals surface area contributed by atoms with Crippen LogP contribution >= 0.6 is 0 Å². The zero-order chi connectivity index (χ0) is 13.1. The Morgan fingerprint density at radius 2 is 2.06 bits per heavy atom. The van der Waals surface area contributed by atoms with Gasteiger partial charge in [-0.25, -0.2) is 4.39 Å². The highest BCUT2D eigenvalue weighted by Gasteiger charge is 2.37. The van der Waals surface area contributed by atoms with Crippen LogP contribution in [-0.4, -0.2) is 18.2 Å². The molecule has 0 spiro atoms. The average Bonchev–Trinajstić information content (AvgIpc) is 2.61. The number of unbranched alkanes of at least 4 members (excludes halogenated alkanes) is 2. The van der Waals surface area contributed by atoms with Crippen molar-refractivity contribution in [2.24, 2.45) is 0 Å². The number of halogens is 1. The van der Waals surface area contributed by atoms with E-state index in [9.17, 15) is 14.0 Å². The molecule has 0 aliphatic carbocycles. The maximum absolute atomic E-state index is 13.7. The summed E-state index contributed by atoms with van der Waals surface area (Å²) in [6.07, 6.45) is 1.58. The van der Waals surface area contributed by atoms with E-state index in [1.807, 2.05) is 6.07 Å². The minimum Gasteiger partial charge on any atom is -0.302 e. The topological polar surface area (TPSA) is 61.2 Å². The number of para-hydroxylation sites is 1. The molecular formula is C13H11FN2O2. The summed E-state index contributed by atoms with van der Waals surface area (Å²) in [5, 5.41) is 8.41. The lowest BCUT2D eigenvalue weighted by molar-refractivity contribution is -0.114. The molecule has 4 nitrogen and oxygen atoms in total. The van der Waals surface area contributed by atoms with Crippen LogP contribution in [0, 0.1) is 17.1 Å². The van der Waals surface area contributed by atoms with Crippen LogP contribution in [0.25, 0.3) is 0 Å². The highest BCUT2D eigenvalue weighted by Crippen LogP contribution is 2.31. The first-order chi connectivity index (χ1) is 8.66. The average molecular weight is 246 g/mol. The molecule has 2 rings (SSSR count). The Balaban J connectivity index is 2.21. The third-order valence-corrected chi connectivity index (χ3v) is 2.86. The molecule has 0 fully saturated rings. The molecule has 1 amide bonds. The first kappa shape index (κ1) is 12.2. The second kappa shape index (κ2) is 4.96. The number of nitriles is 1. The summed E-state index contributed by atoms with van der Waals surface area (Å²) in [5.41, 5.74) is 0.199. The van der Waals surface area contributed by atoms with Crippen LogP contribution < -0.4 is 4.90 Å². The van der Waals surface area contributed by atoms with Gasteiger partial charge in [0.1, 0.15) is 5.82 Å². The molecule has 0 saturated carbocycles. The predicted molar refractivity (Wildman–Crippen MR) is 62.5 cm³/mol. The van der Waals surface area contributed by atoms with E-state index in [0.29, 0.717) is 19.3 Å². The Morgan fingerprint density at radius 1 is 1.28 bits per heavy atom. The van der Waals surface area contributed by atoms with Gasteiger partial charge in [0.05, 0.1) is 17.3 Å². The zero-order valence-electron chi connectivity index (χ0n) is 9.65. The minimum absolute atomic E-state index is 0.0736. The summed E-state index contributed by atoms with van der Waals surface area (Å²) < 4.78 is 13.7. The van der Waals surface area contributed by atoms with E-state index < -0.39 is 17.5 Å². The van der Waals surface area contributed by atoms with Crippen LogP contribution in [-0.2, 0) is 4.79 Å². The summed E-state index contributed by atoms with van der Waals surface area (Å²) in [5.74, 6) is -1.91. The van der Waals surface area contributed by atoms with Gasteiger partial charge in [-0.3, -0.25) is 9.59 Å². The van der Waals surface area contributed by atoms with E-state index in [4.69, 9.17) is 5.26 Å². The van der Waals surface area contributed by atoms with Gasteiger partial charge in [0.25, 0.3) is 11.7 Å². The van der Waals surface area contributed by atoms with E-state index in [0.717, 1.165) is 0 Å². The van der Waals surface area contributed by atoms with Crippen molar-refractivity contribution in [1.82, 2.24) is 0 Å². The first-order valence-electron chi connectivity index (χ1n) is 5.68. The Morgan fingerprint density at radius 3 is 2.78 bits per heavy atom. The lowest BCUT2D eigenvalue weighted by atomic mass is 10.1. The van der Waals surface area contributed by atoms with Gasteiger partial charge in [-0.05, 0) is 25.0 Å². The molecule has 0 atom stereocenters. The molecule has 1 aliphatic rings. The van der Waals surface area contributed by atoms with Crippen molar-refractivity contribution in [1.29, 1.82) is 5.26 Å². The van der Waals surface area contributed by atoms with Gasteiger partial charge < -0.3 is 4.90 Å². The van der Waals surface area contributed by atoms with Crippen LogP contribution in [0.1, 0.15) is 29.6 Å². The summed E-state index contributed by atoms with van der Waals surface area (Å²) in [6, 6.07) is 6.10. The zero-order valence-corrected chi connectivity index (χ0v) is 9.65. The van der Waals surface area contributed by atoms with Gasteiger partial charge in [0, 0.05) is 13.0 Å². The minimum atomic E-state index is -0.688. The molecular weight excluding hydrogens is 235 g/mol. The number of anilines is 1. The van der Waals surface area contributed by atoms with Crippen molar-refractivity contribution in [2.45, 2.75) is 19.3 Å². The normalized spacial score (nSPS) is 13.7. The maximum Gasteiger partial charge on any atom is 0.299 e. The fourth-order valence-electron chi connectivity index (χ4n) is 2.00. The Bertz CT molecular complexity index is 548. The maximum atomic E-state index is 13.7. The fourth-order valence-corrected chi connectivity index (χ4v) is 2.00. The number of nitrogens with zero attached hydrogens (tertiary/aromatic N) is 2. The van der Waals surface area contributed by atoms with Gasteiger partial charge in [-0.2, -0.15) is 5.26 Å². The van der Waals surface area contributed by atoms with Crippen molar-refractivity contribution in [3.8, 4) is 6.07 Å². The number of hydrogen-bond donors (Lipinski definition) is 0. The number of fused-ring (bicyclic) bond motifs is 1. The molecule has 0 bridgehead atoms. The molecule has 1 heterocycles. The van der Waals surface area contributed by atoms with E-state index in [2.05, 4.69) is 0 Å². The summed E-state index contributed by atoms with van der Waals surface area (Å²) in [6.45, 7) is 0.264. The predicted octanol–water partition coefficient (Wildman–Crippen LogP) is 2.05. The van der Waals surface area contributed by atoms with Gasteiger partial charge in [0.15, 0.2) is 0 Å². The number of hydrogen-bond acceptors (Lipinski definition) is 3. The molecule has 0 aromatic heterocycles. The molecule has 1 aromatic carbocycles. The number of benzene rings is 1. The second-order valence-corrected chi connectivity index (χ2v) is 4.04. The third kappa shape index (κ3) is 1.97. The van der Waals surface area contributed by atoms with E-state index in [1.54, 1.807) is 0 Å². The van der Waals surface area contributed by atoms with Crippen molar-refractivity contribution < 1.29 is 14.0 Å². The van der Waals surface area contributed by atoms with Crippen LogP contribution in [0.3, 0.4) is 0 Å². The molecule has 92 valence electrons. The molecule has 0 radical (unpaired) electrons. The third-order valence-electron chi connectivity index (χ3n) is 2.86. The summed E-state index contributed by atoms with van der Waals surface area (Å²) in [4.78, 5) is 24.5. The highest BCUT2D eigenvalue weighted by molar-refractivity contribution is 6.52. The standard InChI is InChI=1S/C13H11FN2O2/c14-10-6-4-5-9-11(10)16(13(18)12(9)17)8-3-1-2-7-15/h4-6H,1-3,8H2. The van der Waals surface area contributed by atoms with E-state index >= 15 is 0 Å². The molecule has 18 heavy (non-hydrogen) atoms. The number of carbonyl (C=O) groups excluding carboxylic acids is 2. The first-order valence-corrected chi connectivity index (χ1v) is 5.68. The number of carbonyl (C=O) groups is 2. The smallest absolute Gasteiger partial charge is 0.299 e. The largest absolute Gasteiger partial charge is 0.302 e. The molecule has 0 unspecified atom stereocenters. The van der Waals surface area contributed by atoms with Gasteiger partial charge in [-0.1, -0.05) is 6.07 Å². The van der Waals surface area contributed by atoms with Gasteiger partial charge in [0.2, 0.25) is 0 Å². The van der Waals surface area contributed by atoms with Crippen molar-refractivity contribution in [3.05, 3.63) is 29.6 Å². The Kier molecular flexibility index (Phi) is 3.38. The van der Waals surface area contributed by atoms with E-state index in [1.165, 1.54) is 23.1 Å². The van der Waals surface area contributed by atoms with Crippen LogP contribution in [0.2, 0.25) is 0 Å². The number of ketones is 1. The van der Waals surface area contributed by atoms with Crippen LogP contribution in [0.15, 0.2) is 18.2 Å². The number of rotatable bonds is 4. The second-order valence-electron chi connectivity index (χ2n) is 4.04. The number of amides is 1. The van der Waals surface area contributed by atoms with Crippen molar-refractivity contribution >= 4 is 17.4 Å². The van der Waals surface area contributed by atoms with E-state index in [-0.39, 0.29) is 17.8 Å². The SMILES string of the molecule is N#CCCCCN1C(=O)C(=O)c2cccc(F)c21. The van der Waals surface area contributed by atoms with Crippen molar-refractivity contribution in [2.75, 3.05) is 11.4 Å². The Hall–Kier alpha value is -2.22. The van der Waals surface area contributed by atoms with Crippen LogP contribution in [0.4, 0.5) is 10.1 Å². The summed E-state index contributed by atoms with van der Waals surface area (Å²) in [7, 11) is 0. The lowest BCUT2D eigenvalue weighted by Gasteiger charge is -2.16. The lowest BCUT2D eigenvalue weighted by Crippen LogP contribution is -2.31. The Labute approximate surface area is 104 Å². The molecule has 0 N–H and O–H groups in total. The van der Waals surface area contributed by atoms with Gasteiger partial charge in [-0.15, -0.1) is 0 Å². The molecule has 0 saturated heterocycles. The quantitative estimate of drug-likeness (QED) is 0.603. The number of Topliss-reactive ketones (excluding diaryl/α,β-unsaturated/α-hetero) is 1. The molecule has 1 aliphatic heterocycles. The van der Waals surface area contributed by atoms with Crippen molar-refractivity contribution in [3.63, 3.8) is 0 Å². The molecule has 5 heteroatoms. The monoisotopic (exact) mass is 246 g/mol. The highest BCUT2D eigenvalue weighted by atomic mass is 19.1. The summed E-state index contributed by atoms with van der Waals surface area (Å²) >= 11 is 0.